The van der Waals surface area contributed by atoms with Crippen molar-refractivity contribution in [1.29, 1.82) is 0 Å². The monoisotopic (exact) mass is 457 g/mol. The number of nitrogens with one attached hydrogen (secondary N) is 3. The average molecular weight is 457 g/mol. The Bertz CT molecular complexity index is 1320. The van der Waals surface area contributed by atoms with Crippen molar-refractivity contribution in [3.63, 3.8) is 0 Å². The van der Waals surface area contributed by atoms with Crippen LogP contribution < -0.4 is 16.0 Å². The van der Waals surface area contributed by atoms with Gasteiger partial charge >= 0.3 is 0 Å². The maximum atomic E-state index is 12.2. The van der Waals surface area contributed by atoms with Gasteiger partial charge in [0.25, 0.3) is 11.8 Å². The summed E-state index contributed by atoms with van der Waals surface area (Å²) < 4.78 is 5.39. The van der Waals surface area contributed by atoms with E-state index in [1.165, 1.54) is 6.39 Å². The molecule has 4 N–H and O–H groups in total. The molecular weight excluding hydrogens is 434 g/mol. The first-order chi connectivity index (χ1) is 16.4. The average Bonchev–Trinajstić information content (AvgIpc) is 3.44. The summed E-state index contributed by atoms with van der Waals surface area (Å²) in [5.41, 5.74) is 2.83. The minimum Gasteiger partial charge on any atom is -0.423 e. The summed E-state index contributed by atoms with van der Waals surface area (Å²) in [4.78, 5) is 21.3. The molecule has 0 aliphatic carbocycles. The number of anilines is 3. The third kappa shape index (κ3) is 4.06. The highest BCUT2D eigenvalue weighted by molar-refractivity contribution is 5.99. The molecule has 0 unspecified atom stereocenters. The Morgan fingerprint density at radius 1 is 1.12 bits per heavy atom. The molecule has 0 radical (unpaired) electrons. The number of nitrogens with zero attached hydrogens (tertiary/aromatic N) is 4. The van der Waals surface area contributed by atoms with E-state index in [2.05, 4.69) is 36.1 Å². The SMILES string of the molecule is CC1(C)NC(=O)c2ccc(Nc3cc(N[C@H](CO)c4ccccc4)c(-c4nnco4)cn3)nc21. The Morgan fingerprint density at radius 3 is 2.68 bits per heavy atom. The second-order valence-electron chi connectivity index (χ2n) is 8.45. The standard InChI is InChI=1S/C24H23N7O3/c1-24(2)21-15(22(33)30-24)8-9-19(29-21)28-20-10-17(16(11-25-20)23-31-26-13-34-23)27-18(12-32)14-6-4-3-5-7-14/h3-11,13,18,32H,12H2,1-2H3,(H,30,33)(H2,25,27,28,29)/t18-/m1/s1. The van der Waals surface area contributed by atoms with Crippen LogP contribution in [-0.2, 0) is 5.54 Å². The molecule has 1 aromatic carbocycles. The van der Waals surface area contributed by atoms with Crippen LogP contribution in [0.2, 0.25) is 0 Å². The molecule has 0 fully saturated rings. The maximum absolute atomic E-state index is 12.2. The van der Waals surface area contributed by atoms with Gasteiger partial charge in [-0.2, -0.15) is 0 Å². The zero-order valence-electron chi connectivity index (χ0n) is 18.6. The van der Waals surface area contributed by atoms with E-state index in [9.17, 15) is 9.90 Å². The number of carbonyl (C=O) groups excluding carboxylic acids is 1. The smallest absolute Gasteiger partial charge is 0.253 e. The second-order valence-corrected chi connectivity index (χ2v) is 8.45. The topological polar surface area (TPSA) is 138 Å². The van der Waals surface area contributed by atoms with Crippen molar-refractivity contribution in [2.45, 2.75) is 25.4 Å². The van der Waals surface area contributed by atoms with E-state index in [0.717, 1.165) is 5.56 Å². The van der Waals surface area contributed by atoms with Crippen molar-refractivity contribution in [2.24, 2.45) is 0 Å². The second kappa shape index (κ2) is 8.56. The molecule has 4 heterocycles. The number of benzene rings is 1. The number of aromatic nitrogens is 4. The molecule has 1 atom stereocenters. The van der Waals surface area contributed by atoms with E-state index < -0.39 is 5.54 Å². The van der Waals surface area contributed by atoms with Crippen LogP contribution in [0.25, 0.3) is 11.5 Å². The number of aliphatic hydroxyl groups is 1. The quantitative estimate of drug-likeness (QED) is 0.329. The summed E-state index contributed by atoms with van der Waals surface area (Å²) in [5, 5.41) is 27.3. The summed E-state index contributed by atoms with van der Waals surface area (Å²) in [7, 11) is 0. The van der Waals surface area contributed by atoms with Gasteiger partial charge in [-0.3, -0.25) is 4.79 Å². The number of hydrogen-bond donors (Lipinski definition) is 4. The predicted octanol–water partition coefficient (Wildman–Crippen LogP) is 3.39. The van der Waals surface area contributed by atoms with Crippen LogP contribution in [-0.4, -0.2) is 37.8 Å². The van der Waals surface area contributed by atoms with Crippen LogP contribution in [0.4, 0.5) is 17.3 Å². The van der Waals surface area contributed by atoms with Gasteiger partial charge in [0.1, 0.15) is 11.6 Å². The van der Waals surface area contributed by atoms with Gasteiger partial charge < -0.3 is 25.5 Å². The zero-order valence-corrected chi connectivity index (χ0v) is 18.6. The lowest BCUT2D eigenvalue weighted by molar-refractivity contribution is 0.0940. The molecule has 1 amide bonds. The van der Waals surface area contributed by atoms with Gasteiger partial charge in [-0.15, -0.1) is 10.2 Å². The molecular formula is C24H23N7O3. The van der Waals surface area contributed by atoms with Gasteiger partial charge in [-0.05, 0) is 31.5 Å². The number of pyridine rings is 2. The van der Waals surface area contributed by atoms with Crippen molar-refractivity contribution in [3.05, 3.63) is 77.9 Å². The number of carbonyl (C=O) groups is 1. The highest BCUT2D eigenvalue weighted by Crippen LogP contribution is 2.33. The molecule has 0 saturated carbocycles. The first-order valence-electron chi connectivity index (χ1n) is 10.7. The van der Waals surface area contributed by atoms with Gasteiger partial charge in [0.05, 0.1) is 40.7 Å². The van der Waals surface area contributed by atoms with Crippen molar-refractivity contribution >= 4 is 23.2 Å². The molecule has 1 aliphatic heterocycles. The van der Waals surface area contributed by atoms with E-state index in [-0.39, 0.29) is 18.6 Å². The predicted molar refractivity (Wildman–Crippen MR) is 125 cm³/mol. The van der Waals surface area contributed by atoms with Gasteiger partial charge in [0, 0.05) is 12.3 Å². The molecule has 0 saturated heterocycles. The van der Waals surface area contributed by atoms with Gasteiger partial charge in [0.15, 0.2) is 0 Å². The first kappa shape index (κ1) is 21.5. The summed E-state index contributed by atoms with van der Waals surface area (Å²) in [6, 6.07) is 14.5. The molecule has 10 heteroatoms. The number of hydrogen-bond acceptors (Lipinski definition) is 9. The molecule has 10 nitrogen and oxygen atoms in total. The van der Waals surface area contributed by atoms with Crippen molar-refractivity contribution in [3.8, 4) is 11.5 Å². The van der Waals surface area contributed by atoms with Crippen molar-refractivity contribution in [1.82, 2.24) is 25.5 Å². The van der Waals surface area contributed by atoms with Crippen molar-refractivity contribution < 1.29 is 14.3 Å². The number of rotatable bonds is 7. The minimum absolute atomic E-state index is 0.124. The van der Waals surface area contributed by atoms with Crippen LogP contribution in [0, 0.1) is 0 Å². The Balaban J connectivity index is 1.48. The number of fused-ring (bicyclic) bond motifs is 1. The summed E-state index contributed by atoms with van der Waals surface area (Å²) in [6.07, 6.45) is 2.86. The van der Waals surface area contributed by atoms with Crippen molar-refractivity contribution in [2.75, 3.05) is 17.2 Å². The fraction of sp³-hybridized carbons (Fsp3) is 0.208. The van der Waals surface area contributed by atoms with Crippen LogP contribution in [0.15, 0.2) is 65.5 Å². The van der Waals surface area contributed by atoms with Gasteiger partial charge in [0.2, 0.25) is 6.39 Å². The first-order valence-corrected chi connectivity index (χ1v) is 10.7. The molecule has 0 bridgehead atoms. The Morgan fingerprint density at radius 2 is 1.94 bits per heavy atom. The molecule has 3 aromatic heterocycles. The zero-order chi connectivity index (χ0) is 23.7. The van der Waals surface area contributed by atoms with E-state index in [1.54, 1.807) is 24.4 Å². The summed E-state index contributed by atoms with van der Waals surface area (Å²) >= 11 is 0. The fourth-order valence-corrected chi connectivity index (χ4v) is 3.94. The van der Waals surface area contributed by atoms with Gasteiger partial charge in [-0.1, -0.05) is 30.3 Å². The number of amides is 1. The highest BCUT2D eigenvalue weighted by atomic mass is 16.4. The van der Waals surface area contributed by atoms with E-state index in [4.69, 9.17) is 4.42 Å². The normalized spacial score (nSPS) is 14.9. The van der Waals surface area contributed by atoms with Gasteiger partial charge in [-0.25, -0.2) is 9.97 Å². The Kier molecular flexibility index (Phi) is 5.42. The van der Waals surface area contributed by atoms with E-state index >= 15 is 0 Å². The fourth-order valence-electron chi connectivity index (χ4n) is 3.94. The van der Waals surface area contributed by atoms with Crippen LogP contribution in [0.3, 0.4) is 0 Å². The summed E-state index contributed by atoms with van der Waals surface area (Å²) in [6.45, 7) is 3.69. The third-order valence-electron chi connectivity index (χ3n) is 5.62. The minimum atomic E-state index is -0.559. The van der Waals surface area contributed by atoms with E-state index in [1.807, 2.05) is 44.2 Å². The molecule has 172 valence electrons. The Hall–Kier alpha value is -4.31. The maximum Gasteiger partial charge on any atom is 0.253 e. The lowest BCUT2D eigenvalue weighted by Gasteiger charge is -2.20. The lowest BCUT2D eigenvalue weighted by Crippen LogP contribution is -2.33. The lowest BCUT2D eigenvalue weighted by atomic mass is 10.0. The molecule has 4 aromatic rings. The van der Waals surface area contributed by atoms with Crippen LogP contribution in [0.1, 0.15) is 41.5 Å². The summed E-state index contributed by atoms with van der Waals surface area (Å²) in [5.74, 6) is 1.23. The van der Waals surface area contributed by atoms with Crippen LogP contribution >= 0.6 is 0 Å². The largest absolute Gasteiger partial charge is 0.423 e. The third-order valence-corrected chi connectivity index (χ3v) is 5.62. The molecule has 0 spiro atoms. The molecule has 1 aliphatic rings. The highest BCUT2D eigenvalue weighted by Gasteiger charge is 2.36. The Labute approximate surface area is 195 Å². The number of aliphatic hydroxyl groups excluding tert-OH is 1. The molecule has 5 rings (SSSR count). The molecule has 34 heavy (non-hydrogen) atoms. The van der Waals surface area contributed by atoms with Crippen LogP contribution in [0.5, 0.6) is 0 Å². The van der Waals surface area contributed by atoms with E-state index in [0.29, 0.717) is 40.0 Å².